The molecule has 0 saturated heterocycles. The molecule has 6 nitrogen and oxygen atoms in total. The first-order valence-corrected chi connectivity index (χ1v) is 10.9. The Morgan fingerprint density at radius 3 is 2.63 bits per heavy atom. The molecule has 0 saturated carbocycles. The zero-order chi connectivity index (χ0) is 25.2. The quantitative estimate of drug-likeness (QED) is 0.355. The van der Waals surface area contributed by atoms with E-state index in [4.69, 9.17) is 0 Å². The third-order valence-electron chi connectivity index (χ3n) is 5.70. The number of hydrogen-bond donors (Lipinski definition) is 1. The Morgan fingerprint density at radius 1 is 1.11 bits per heavy atom. The molecule has 4 rings (SSSR count). The Hall–Kier alpha value is -3.95. The topological polar surface area (TPSA) is 66.8 Å². The molecule has 1 amide bonds. The van der Waals surface area contributed by atoms with Gasteiger partial charge in [0.25, 0.3) is 5.91 Å². The molecule has 0 aliphatic carbocycles. The number of aromatic nitrogens is 4. The van der Waals surface area contributed by atoms with E-state index in [0.717, 1.165) is 17.8 Å². The number of benzene rings is 2. The van der Waals surface area contributed by atoms with Crippen molar-refractivity contribution in [3.8, 4) is 16.9 Å². The van der Waals surface area contributed by atoms with Crippen LogP contribution in [0.15, 0.2) is 60.8 Å². The first kappa shape index (κ1) is 24.2. The van der Waals surface area contributed by atoms with Gasteiger partial charge in [-0.05, 0) is 56.2 Å². The van der Waals surface area contributed by atoms with E-state index in [0.29, 0.717) is 41.9 Å². The van der Waals surface area contributed by atoms with Crippen LogP contribution in [-0.2, 0) is 12.6 Å². The fraction of sp³-hybridized carbons (Fsp3) is 0.240. The predicted molar refractivity (Wildman–Crippen MR) is 123 cm³/mol. The molecule has 10 heteroatoms. The van der Waals surface area contributed by atoms with Gasteiger partial charge in [-0.1, -0.05) is 18.2 Å². The zero-order valence-electron chi connectivity index (χ0n) is 19.1. The first-order valence-electron chi connectivity index (χ1n) is 10.9. The van der Waals surface area contributed by atoms with Gasteiger partial charge in [-0.3, -0.25) is 9.89 Å². The minimum atomic E-state index is -4.47. The molecule has 0 bridgehead atoms. The Balaban J connectivity index is 1.38. The van der Waals surface area contributed by atoms with E-state index >= 15 is 0 Å². The monoisotopic (exact) mass is 485 g/mol. The van der Waals surface area contributed by atoms with Crippen LogP contribution in [0.25, 0.3) is 16.9 Å². The fourth-order valence-corrected chi connectivity index (χ4v) is 3.79. The maximum atomic E-state index is 13.4. The minimum absolute atomic E-state index is 0.229. The lowest BCUT2D eigenvalue weighted by molar-refractivity contribution is -0.137. The van der Waals surface area contributed by atoms with Gasteiger partial charge < -0.3 is 4.90 Å². The van der Waals surface area contributed by atoms with E-state index in [9.17, 15) is 22.4 Å². The summed E-state index contributed by atoms with van der Waals surface area (Å²) in [7, 11) is 1.66. The van der Waals surface area contributed by atoms with Crippen molar-refractivity contribution >= 4 is 5.91 Å². The second-order valence-corrected chi connectivity index (χ2v) is 8.22. The summed E-state index contributed by atoms with van der Waals surface area (Å²) in [5.41, 5.74) is 2.39. The second kappa shape index (κ2) is 9.73. The fourth-order valence-electron chi connectivity index (χ4n) is 3.79. The molecule has 1 N–H and O–H groups in total. The van der Waals surface area contributed by atoms with Crippen LogP contribution in [0.1, 0.15) is 33.7 Å². The third-order valence-corrected chi connectivity index (χ3v) is 5.70. The van der Waals surface area contributed by atoms with Gasteiger partial charge >= 0.3 is 6.18 Å². The van der Waals surface area contributed by atoms with Gasteiger partial charge in [0.05, 0.1) is 34.4 Å². The Morgan fingerprint density at radius 2 is 1.89 bits per heavy atom. The summed E-state index contributed by atoms with van der Waals surface area (Å²) >= 11 is 0. The summed E-state index contributed by atoms with van der Waals surface area (Å²) in [5.74, 6) is -0.607. The summed E-state index contributed by atoms with van der Waals surface area (Å²) in [6, 6.07) is 12.8. The maximum Gasteiger partial charge on any atom is 0.416 e. The first-order chi connectivity index (χ1) is 16.6. The summed E-state index contributed by atoms with van der Waals surface area (Å²) in [5, 5.41) is 11.3. The molecule has 2 aromatic heterocycles. The molecule has 0 spiro atoms. The summed E-state index contributed by atoms with van der Waals surface area (Å²) in [6.45, 7) is 2.09. The number of H-pyrrole nitrogens is 1. The van der Waals surface area contributed by atoms with Crippen LogP contribution in [0.3, 0.4) is 0 Å². The van der Waals surface area contributed by atoms with Crippen LogP contribution in [0.4, 0.5) is 17.6 Å². The Labute approximate surface area is 199 Å². The molecular formula is C25H23F4N5O. The number of hydrogen-bond acceptors (Lipinski definition) is 3. The van der Waals surface area contributed by atoms with Crippen molar-refractivity contribution in [1.82, 2.24) is 24.9 Å². The molecule has 0 aliphatic rings. The van der Waals surface area contributed by atoms with Crippen LogP contribution in [0.2, 0.25) is 0 Å². The van der Waals surface area contributed by atoms with Crippen LogP contribution < -0.4 is 0 Å². The van der Waals surface area contributed by atoms with Gasteiger partial charge in [-0.15, -0.1) is 0 Å². The molecule has 35 heavy (non-hydrogen) atoms. The van der Waals surface area contributed by atoms with E-state index in [-0.39, 0.29) is 17.4 Å². The van der Waals surface area contributed by atoms with Crippen molar-refractivity contribution in [2.45, 2.75) is 25.9 Å². The van der Waals surface area contributed by atoms with Gasteiger partial charge in [-0.25, -0.2) is 9.07 Å². The standard InChI is InChI=1S/C25H23F4N5O/c1-16-22(15-30-34(16)21-10-4-7-18(13-21)25(27,28)29)24(35)33(2)11-5-9-20-14-23(32-31-20)17-6-3-8-19(26)12-17/h3-4,6-8,10,12-15H,5,9,11H2,1-2H3,(H,31,32). The largest absolute Gasteiger partial charge is 0.416 e. The number of nitrogens with one attached hydrogen (secondary N) is 1. The van der Waals surface area contributed by atoms with E-state index in [1.165, 1.54) is 35.1 Å². The van der Waals surface area contributed by atoms with Gasteiger partial charge in [-0.2, -0.15) is 23.4 Å². The molecular weight excluding hydrogens is 462 g/mol. The zero-order valence-corrected chi connectivity index (χ0v) is 19.1. The van der Waals surface area contributed by atoms with E-state index in [2.05, 4.69) is 15.3 Å². The number of nitrogens with zero attached hydrogens (tertiary/aromatic N) is 4. The highest BCUT2D eigenvalue weighted by atomic mass is 19.4. The van der Waals surface area contributed by atoms with E-state index in [1.807, 2.05) is 6.07 Å². The number of rotatable bonds is 7. The lowest BCUT2D eigenvalue weighted by Gasteiger charge is -2.17. The smallest absolute Gasteiger partial charge is 0.342 e. The number of halogens is 4. The van der Waals surface area contributed by atoms with Crippen molar-refractivity contribution in [3.63, 3.8) is 0 Å². The molecule has 4 aromatic rings. The van der Waals surface area contributed by atoms with Crippen LogP contribution in [-0.4, -0.2) is 44.4 Å². The lowest BCUT2D eigenvalue weighted by Crippen LogP contribution is -2.28. The van der Waals surface area contributed by atoms with Crippen molar-refractivity contribution in [3.05, 3.63) is 89.1 Å². The van der Waals surface area contributed by atoms with Crippen molar-refractivity contribution in [2.75, 3.05) is 13.6 Å². The molecule has 0 radical (unpaired) electrons. The van der Waals surface area contributed by atoms with E-state index in [1.54, 1.807) is 31.0 Å². The highest BCUT2D eigenvalue weighted by Crippen LogP contribution is 2.30. The van der Waals surface area contributed by atoms with Gasteiger partial charge in [0.1, 0.15) is 5.82 Å². The number of amides is 1. The number of aryl methyl sites for hydroxylation is 1. The minimum Gasteiger partial charge on any atom is -0.342 e. The molecule has 182 valence electrons. The molecule has 0 fully saturated rings. The second-order valence-electron chi connectivity index (χ2n) is 8.22. The molecule has 0 unspecified atom stereocenters. The predicted octanol–water partition coefficient (Wildman–Crippen LogP) is 5.43. The maximum absolute atomic E-state index is 13.4. The van der Waals surface area contributed by atoms with Gasteiger partial charge in [0, 0.05) is 24.8 Å². The van der Waals surface area contributed by atoms with Gasteiger partial charge in [0.15, 0.2) is 0 Å². The number of carbonyl (C=O) groups is 1. The number of aromatic amines is 1. The summed E-state index contributed by atoms with van der Waals surface area (Å²) in [6.07, 6.45) is -1.83. The van der Waals surface area contributed by atoms with Crippen LogP contribution >= 0.6 is 0 Å². The Kier molecular flexibility index (Phi) is 6.72. The highest BCUT2D eigenvalue weighted by Gasteiger charge is 2.31. The molecule has 0 aliphatic heterocycles. The molecule has 0 atom stereocenters. The average Bonchev–Trinajstić information content (AvgIpc) is 3.45. The van der Waals surface area contributed by atoms with Crippen molar-refractivity contribution in [2.24, 2.45) is 0 Å². The summed E-state index contributed by atoms with van der Waals surface area (Å²) in [4.78, 5) is 14.5. The van der Waals surface area contributed by atoms with Crippen LogP contribution in [0, 0.1) is 12.7 Å². The summed E-state index contributed by atoms with van der Waals surface area (Å²) < 4.78 is 53.9. The van der Waals surface area contributed by atoms with E-state index < -0.39 is 11.7 Å². The van der Waals surface area contributed by atoms with Crippen LogP contribution in [0.5, 0.6) is 0 Å². The Bertz CT molecular complexity index is 1340. The number of carbonyl (C=O) groups excluding carboxylic acids is 1. The van der Waals surface area contributed by atoms with Crippen molar-refractivity contribution < 1.29 is 22.4 Å². The average molecular weight is 485 g/mol. The lowest BCUT2D eigenvalue weighted by atomic mass is 10.1. The third kappa shape index (κ3) is 5.42. The highest BCUT2D eigenvalue weighted by molar-refractivity contribution is 5.95. The SMILES string of the molecule is Cc1c(C(=O)N(C)CCCc2cc(-c3cccc(F)c3)n[nH]2)cnn1-c1cccc(C(F)(F)F)c1. The molecule has 2 heterocycles. The van der Waals surface area contributed by atoms with Gasteiger partial charge in [0.2, 0.25) is 0 Å². The normalized spacial score (nSPS) is 11.6. The van der Waals surface area contributed by atoms with Crippen molar-refractivity contribution in [1.29, 1.82) is 0 Å². The number of alkyl halides is 3. The molecule has 2 aromatic carbocycles.